The van der Waals surface area contributed by atoms with Gasteiger partial charge in [-0.25, -0.2) is 14.8 Å². The van der Waals surface area contributed by atoms with Crippen LogP contribution in [0, 0.1) is 0 Å². The quantitative estimate of drug-likeness (QED) is 0.270. The van der Waals surface area contributed by atoms with E-state index in [9.17, 15) is 4.79 Å². The fourth-order valence-corrected chi connectivity index (χ4v) is 7.26. The molecule has 1 amide bonds. The molecule has 0 aliphatic carbocycles. The van der Waals surface area contributed by atoms with Crippen LogP contribution in [0.25, 0.3) is 22.3 Å². The number of benzene rings is 1. The number of halogens is 1. The van der Waals surface area contributed by atoms with Gasteiger partial charge in [0.25, 0.3) is 0 Å². The van der Waals surface area contributed by atoms with Gasteiger partial charge in [-0.3, -0.25) is 9.98 Å². The Balaban J connectivity index is 1.31. The average Bonchev–Trinajstić information content (AvgIpc) is 3.62. The number of carbonyl (C=O) groups is 1. The molecule has 0 saturated carbocycles. The molecule has 4 atom stereocenters. The van der Waals surface area contributed by atoms with Gasteiger partial charge < -0.3 is 24.3 Å². The lowest BCUT2D eigenvalue weighted by Gasteiger charge is -2.39. The van der Waals surface area contributed by atoms with E-state index in [2.05, 4.69) is 40.8 Å². The minimum atomic E-state index is -0.520. The Hall–Kier alpha value is -2.89. The van der Waals surface area contributed by atoms with Crippen LogP contribution in [0.1, 0.15) is 59.8 Å². The van der Waals surface area contributed by atoms with E-state index in [0.717, 1.165) is 76.7 Å². The molecular formula is C32H43ClN7O3S+. The molecule has 1 N–H and O–H groups in total. The number of rotatable bonds is 9. The number of alkyl carbamates (subject to hydrolysis) is 1. The molecule has 2 bridgehead atoms. The number of hydrogen-bond acceptors (Lipinski definition) is 8. The number of piperidine rings is 1. The first-order valence-electron chi connectivity index (χ1n) is 15.5. The highest BCUT2D eigenvalue weighted by Gasteiger charge is 2.42. The lowest BCUT2D eigenvalue weighted by atomic mass is 9.97. The van der Waals surface area contributed by atoms with Crippen molar-refractivity contribution in [2.24, 2.45) is 9.98 Å². The molecule has 2 aromatic heterocycles. The van der Waals surface area contributed by atoms with Crippen LogP contribution in [0.15, 0.2) is 34.5 Å². The van der Waals surface area contributed by atoms with E-state index in [1.54, 1.807) is 0 Å². The van der Waals surface area contributed by atoms with Gasteiger partial charge in [0.1, 0.15) is 40.9 Å². The van der Waals surface area contributed by atoms with Gasteiger partial charge in [-0.1, -0.05) is 24.6 Å². The van der Waals surface area contributed by atoms with Gasteiger partial charge in [0, 0.05) is 35.4 Å². The standard InChI is InChI=1S/C32H42ClN7O3S/c1-7-25-36-24-11-10-22(27(33)29(24)37-25)23-17-39(18-42-12-13-44(5)6)30-28(23)34-16-26(38-30)40-20-8-9-21(40)15-19(14-20)35-31(41)43-32(2,3)4/h10-11,16-17,19-21,25H,7-9,12-15,18H2,1-6H3/p+1/t19?,20-,21+,25?. The molecule has 236 valence electrons. The highest BCUT2D eigenvalue weighted by Crippen LogP contribution is 2.40. The zero-order valence-electron chi connectivity index (χ0n) is 26.5. The predicted octanol–water partition coefficient (Wildman–Crippen LogP) is 4.62. The Morgan fingerprint density at radius 2 is 1.89 bits per heavy atom. The molecule has 3 aliphatic heterocycles. The second kappa shape index (κ2) is 12.5. The van der Waals surface area contributed by atoms with Crippen LogP contribution in [-0.4, -0.2) is 75.4 Å². The molecular weight excluding hydrogens is 598 g/mol. The molecule has 12 heteroatoms. The minimum Gasteiger partial charge on any atom is -0.444 e. The van der Waals surface area contributed by atoms with Crippen molar-refractivity contribution in [3.63, 3.8) is 0 Å². The van der Waals surface area contributed by atoms with Gasteiger partial charge in [-0.05, 0) is 69.8 Å². The van der Waals surface area contributed by atoms with Gasteiger partial charge >= 0.3 is 6.09 Å². The molecule has 2 fully saturated rings. The maximum absolute atomic E-state index is 12.5. The predicted molar refractivity (Wildman–Crippen MR) is 176 cm³/mol. The largest absolute Gasteiger partial charge is 0.444 e. The van der Waals surface area contributed by atoms with Gasteiger partial charge in [0.15, 0.2) is 5.65 Å². The van der Waals surface area contributed by atoms with Crippen LogP contribution >= 0.6 is 11.6 Å². The van der Waals surface area contributed by atoms with Gasteiger partial charge in [0.2, 0.25) is 0 Å². The van der Waals surface area contributed by atoms with E-state index in [-0.39, 0.29) is 30.4 Å². The van der Waals surface area contributed by atoms with Crippen molar-refractivity contribution in [1.29, 1.82) is 0 Å². The van der Waals surface area contributed by atoms with Crippen molar-refractivity contribution in [2.75, 3.05) is 29.8 Å². The second-order valence-electron chi connectivity index (χ2n) is 13.2. The molecule has 3 aromatic rings. The maximum atomic E-state index is 12.5. The topological polar surface area (TPSA) is 106 Å². The highest BCUT2D eigenvalue weighted by molar-refractivity contribution is 7.95. The van der Waals surface area contributed by atoms with Crippen molar-refractivity contribution in [2.45, 2.75) is 96.4 Å². The third-order valence-electron chi connectivity index (χ3n) is 8.45. The zero-order chi connectivity index (χ0) is 31.2. The van der Waals surface area contributed by atoms with E-state index >= 15 is 0 Å². The maximum Gasteiger partial charge on any atom is 0.407 e. The molecule has 6 rings (SSSR count). The van der Waals surface area contributed by atoms with Crippen molar-refractivity contribution >= 4 is 45.6 Å². The molecule has 2 unspecified atom stereocenters. The summed E-state index contributed by atoms with van der Waals surface area (Å²) in [6, 6.07) is 4.63. The number of amides is 1. The molecule has 1 aromatic carbocycles. The van der Waals surface area contributed by atoms with Crippen molar-refractivity contribution in [3.05, 3.63) is 40.3 Å². The Morgan fingerprint density at radius 1 is 1.14 bits per heavy atom. The van der Waals surface area contributed by atoms with E-state index < -0.39 is 5.60 Å². The Morgan fingerprint density at radius 3 is 2.57 bits per heavy atom. The van der Waals surface area contributed by atoms with Gasteiger partial charge in [0.05, 0.1) is 35.7 Å². The third kappa shape index (κ3) is 6.41. The number of fused-ring (bicyclic) bond motifs is 4. The molecule has 44 heavy (non-hydrogen) atoms. The molecule has 5 heterocycles. The Kier molecular flexibility index (Phi) is 8.82. The summed E-state index contributed by atoms with van der Waals surface area (Å²) >= 11 is 6.98. The first-order chi connectivity index (χ1) is 21.0. The fraction of sp³-hybridized carbons (Fsp3) is 0.594. The first-order valence-corrected chi connectivity index (χ1v) is 18.1. The normalized spacial score (nSPS) is 22.7. The minimum absolute atomic E-state index is 0.0761. The van der Waals surface area contributed by atoms with Gasteiger partial charge in [-0.15, -0.1) is 0 Å². The number of ether oxygens (including phenoxy) is 2. The third-order valence-corrected chi connectivity index (χ3v) is 9.82. The second-order valence-corrected chi connectivity index (χ2v) is 15.9. The smallest absolute Gasteiger partial charge is 0.407 e. The summed E-state index contributed by atoms with van der Waals surface area (Å²) < 4.78 is 13.7. The number of anilines is 1. The summed E-state index contributed by atoms with van der Waals surface area (Å²) in [7, 11) is 0.308. The van der Waals surface area contributed by atoms with Crippen LogP contribution in [0.4, 0.5) is 10.6 Å². The summed E-state index contributed by atoms with van der Waals surface area (Å²) in [5, 5.41) is 5.27. The lowest BCUT2D eigenvalue weighted by Crippen LogP contribution is -2.51. The van der Waals surface area contributed by atoms with Crippen molar-refractivity contribution < 1.29 is 14.3 Å². The lowest BCUT2D eigenvalue weighted by molar-refractivity contribution is 0.0492. The summed E-state index contributed by atoms with van der Waals surface area (Å²) in [5.41, 5.74) is 2.79. The van der Waals surface area contributed by atoms with Crippen LogP contribution in [0.3, 0.4) is 0 Å². The molecule has 10 nitrogen and oxygen atoms in total. The van der Waals surface area contributed by atoms with Crippen molar-refractivity contribution in [3.8, 4) is 11.1 Å². The van der Waals surface area contributed by atoms with Crippen LogP contribution in [-0.2, 0) is 27.1 Å². The van der Waals surface area contributed by atoms with E-state index in [4.69, 9.17) is 36.0 Å². The number of hydrogen-bond donors (Lipinski definition) is 1. The number of aromatic nitrogens is 3. The summed E-state index contributed by atoms with van der Waals surface area (Å²) in [4.78, 5) is 34.5. The van der Waals surface area contributed by atoms with E-state index in [0.29, 0.717) is 29.3 Å². The first kappa shape index (κ1) is 31.1. The highest BCUT2D eigenvalue weighted by atomic mass is 35.5. The van der Waals surface area contributed by atoms with Gasteiger partial charge in [-0.2, -0.15) is 0 Å². The van der Waals surface area contributed by atoms with E-state index in [1.807, 2.05) is 43.7 Å². The van der Waals surface area contributed by atoms with Crippen LogP contribution in [0.2, 0.25) is 5.02 Å². The molecule has 0 radical (unpaired) electrons. The Labute approximate surface area is 266 Å². The van der Waals surface area contributed by atoms with Crippen molar-refractivity contribution in [1.82, 2.24) is 19.9 Å². The number of nitrogens with zero attached hydrogens (tertiary/aromatic N) is 6. The van der Waals surface area contributed by atoms with E-state index in [1.165, 1.54) is 0 Å². The summed E-state index contributed by atoms with van der Waals surface area (Å²) in [5.74, 6) is 1.87. The summed E-state index contributed by atoms with van der Waals surface area (Å²) in [6.45, 7) is 8.78. The molecule has 0 spiro atoms. The summed E-state index contributed by atoms with van der Waals surface area (Å²) in [6.07, 6.45) is 12.6. The number of nitrogens with one attached hydrogen (secondary N) is 1. The number of carbonyl (C=O) groups excluding carboxylic acids is 1. The Bertz CT molecular complexity index is 1660. The van der Waals surface area contributed by atoms with Crippen LogP contribution < -0.4 is 20.9 Å². The molecule has 3 aliphatic rings. The molecule has 2 saturated heterocycles. The zero-order valence-corrected chi connectivity index (χ0v) is 28.0. The monoisotopic (exact) mass is 640 g/mol. The SMILES string of the molecule is CCC1N=c2ccc(-c3cn(COCC[S+](C)C)c4nc(N5[C@@H]6CC[C@H]5CC(NC(=O)OC(C)(C)C)C6)cnc34)c(Cl)c2=N1. The average molecular weight is 641 g/mol. The van der Waals surface area contributed by atoms with Crippen LogP contribution in [0.5, 0.6) is 0 Å². The fourth-order valence-electron chi connectivity index (χ4n) is 6.50.